The molecule has 1 fully saturated rings. The molecule has 0 atom stereocenters. The molecule has 0 radical (unpaired) electrons. The summed E-state index contributed by atoms with van der Waals surface area (Å²) in [5.74, 6) is 1.21. The fourth-order valence-corrected chi connectivity index (χ4v) is 7.37. The lowest BCUT2D eigenvalue weighted by Gasteiger charge is -2.35. The standard InChI is InChI=1S/C26H25N5O6S2/c32-38(33,20-8-9-22-23(18-20)37-17-16-36-22)29-25-26(28-11-10-27-25)30-12-14-31(15-13-30)39(34,35)24-7-3-5-19-4-1-2-6-21(19)24/h1-11,18H,12-17H2,(H,27,29). The predicted molar refractivity (Wildman–Crippen MR) is 145 cm³/mol. The van der Waals surface area contributed by atoms with Crippen LogP contribution in [0.4, 0.5) is 11.6 Å². The van der Waals surface area contributed by atoms with E-state index in [9.17, 15) is 16.8 Å². The van der Waals surface area contributed by atoms with Crippen molar-refractivity contribution in [1.29, 1.82) is 0 Å². The van der Waals surface area contributed by atoms with Gasteiger partial charge in [-0.2, -0.15) is 4.31 Å². The molecule has 0 amide bonds. The van der Waals surface area contributed by atoms with Crippen LogP contribution in [0.1, 0.15) is 0 Å². The van der Waals surface area contributed by atoms with E-state index in [0.29, 0.717) is 49.0 Å². The van der Waals surface area contributed by atoms with Crippen LogP contribution in [0, 0.1) is 0 Å². The number of hydrogen-bond acceptors (Lipinski definition) is 9. The van der Waals surface area contributed by atoms with Gasteiger partial charge < -0.3 is 14.4 Å². The summed E-state index contributed by atoms with van der Waals surface area (Å²) in [6.07, 6.45) is 2.86. The lowest BCUT2D eigenvalue weighted by atomic mass is 10.1. The Morgan fingerprint density at radius 3 is 2.31 bits per heavy atom. The first kappa shape index (κ1) is 25.3. The molecular formula is C26H25N5O6S2. The number of benzene rings is 3. The molecule has 2 aliphatic rings. The summed E-state index contributed by atoms with van der Waals surface area (Å²) in [7, 11) is -7.76. The number of aromatic nitrogens is 2. The number of fused-ring (bicyclic) bond motifs is 2. The Hall–Kier alpha value is -3.94. The maximum absolute atomic E-state index is 13.5. The molecule has 1 N–H and O–H groups in total. The Balaban J connectivity index is 1.21. The highest BCUT2D eigenvalue weighted by molar-refractivity contribution is 7.92. The predicted octanol–water partition coefficient (Wildman–Crippen LogP) is 2.71. The number of nitrogens with zero attached hydrogens (tertiary/aromatic N) is 4. The van der Waals surface area contributed by atoms with Crippen molar-refractivity contribution in [2.75, 3.05) is 49.0 Å². The Morgan fingerprint density at radius 2 is 1.49 bits per heavy atom. The van der Waals surface area contributed by atoms with Crippen molar-refractivity contribution < 1.29 is 26.3 Å². The van der Waals surface area contributed by atoms with Crippen LogP contribution in [-0.2, 0) is 20.0 Å². The fourth-order valence-electron chi connectivity index (χ4n) is 4.71. The van der Waals surface area contributed by atoms with Crippen LogP contribution in [-0.4, -0.2) is 70.5 Å². The first-order valence-corrected chi connectivity index (χ1v) is 15.2. The van der Waals surface area contributed by atoms with Crippen molar-refractivity contribution in [3.63, 3.8) is 0 Å². The Bertz CT molecular complexity index is 1750. The quantitative estimate of drug-likeness (QED) is 0.374. The molecule has 3 aromatic carbocycles. The van der Waals surface area contributed by atoms with E-state index in [4.69, 9.17) is 9.47 Å². The van der Waals surface area contributed by atoms with Gasteiger partial charge in [-0.3, -0.25) is 4.72 Å². The summed E-state index contributed by atoms with van der Waals surface area (Å²) in [5, 5.41) is 1.53. The summed E-state index contributed by atoms with van der Waals surface area (Å²) in [5.41, 5.74) is 0. The molecule has 13 heteroatoms. The van der Waals surface area contributed by atoms with E-state index in [0.717, 1.165) is 5.39 Å². The minimum absolute atomic E-state index is 0.00523. The van der Waals surface area contributed by atoms with E-state index in [1.807, 2.05) is 29.2 Å². The number of anilines is 2. The van der Waals surface area contributed by atoms with Gasteiger partial charge in [-0.1, -0.05) is 36.4 Å². The second kappa shape index (κ2) is 9.98. The van der Waals surface area contributed by atoms with E-state index in [2.05, 4.69) is 14.7 Å². The van der Waals surface area contributed by atoms with Crippen LogP contribution in [0.15, 0.2) is 82.8 Å². The van der Waals surface area contributed by atoms with E-state index in [-0.39, 0.29) is 28.7 Å². The van der Waals surface area contributed by atoms with Crippen molar-refractivity contribution in [2.24, 2.45) is 0 Å². The van der Waals surface area contributed by atoms with Crippen LogP contribution < -0.4 is 19.1 Å². The monoisotopic (exact) mass is 567 g/mol. The third kappa shape index (κ3) is 4.84. The molecule has 4 aromatic rings. The minimum Gasteiger partial charge on any atom is -0.486 e. The van der Waals surface area contributed by atoms with Crippen LogP contribution in [0.5, 0.6) is 11.5 Å². The normalized spacial score (nSPS) is 16.3. The van der Waals surface area contributed by atoms with Crippen LogP contribution in [0.2, 0.25) is 0 Å². The molecule has 2 aliphatic heterocycles. The molecule has 1 saturated heterocycles. The largest absolute Gasteiger partial charge is 0.486 e. The van der Waals surface area contributed by atoms with Gasteiger partial charge in [0, 0.05) is 50.0 Å². The number of rotatable bonds is 6. The van der Waals surface area contributed by atoms with Gasteiger partial charge >= 0.3 is 0 Å². The number of ether oxygens (including phenoxy) is 2. The molecule has 0 unspecified atom stereocenters. The third-order valence-corrected chi connectivity index (χ3v) is 9.93. The zero-order chi connectivity index (χ0) is 27.0. The molecule has 0 aliphatic carbocycles. The molecule has 0 spiro atoms. The van der Waals surface area contributed by atoms with Gasteiger partial charge in [0.05, 0.1) is 9.79 Å². The topological polar surface area (TPSA) is 131 Å². The molecule has 0 bridgehead atoms. The summed E-state index contributed by atoms with van der Waals surface area (Å²) in [4.78, 5) is 10.7. The Morgan fingerprint density at radius 1 is 0.769 bits per heavy atom. The van der Waals surface area contributed by atoms with E-state index >= 15 is 0 Å². The number of sulfonamides is 2. The average molecular weight is 568 g/mol. The highest BCUT2D eigenvalue weighted by Crippen LogP contribution is 2.34. The van der Waals surface area contributed by atoms with Crippen molar-refractivity contribution in [2.45, 2.75) is 9.79 Å². The molecule has 11 nitrogen and oxygen atoms in total. The number of piperazine rings is 1. The smallest absolute Gasteiger partial charge is 0.263 e. The van der Waals surface area contributed by atoms with Gasteiger partial charge in [-0.15, -0.1) is 0 Å². The molecule has 39 heavy (non-hydrogen) atoms. The summed E-state index contributed by atoms with van der Waals surface area (Å²) < 4.78 is 68.4. The van der Waals surface area contributed by atoms with Crippen molar-refractivity contribution in [3.8, 4) is 11.5 Å². The highest BCUT2D eigenvalue weighted by Gasteiger charge is 2.31. The number of nitrogens with one attached hydrogen (secondary N) is 1. The maximum atomic E-state index is 13.5. The first-order chi connectivity index (χ1) is 18.8. The molecule has 1 aromatic heterocycles. The molecular weight excluding hydrogens is 542 g/mol. The Labute approximate surface area is 226 Å². The molecule has 202 valence electrons. The number of hydrogen-bond donors (Lipinski definition) is 1. The molecule has 3 heterocycles. The van der Waals surface area contributed by atoms with Crippen LogP contribution in [0.3, 0.4) is 0 Å². The van der Waals surface area contributed by atoms with Crippen LogP contribution >= 0.6 is 0 Å². The van der Waals surface area contributed by atoms with Gasteiger partial charge in [-0.05, 0) is 23.6 Å². The maximum Gasteiger partial charge on any atom is 0.263 e. The zero-order valence-electron chi connectivity index (χ0n) is 20.7. The van der Waals surface area contributed by atoms with E-state index in [1.165, 1.54) is 28.8 Å². The third-order valence-electron chi connectivity index (χ3n) is 6.64. The lowest BCUT2D eigenvalue weighted by molar-refractivity contribution is 0.171. The molecule has 0 saturated carbocycles. The summed E-state index contributed by atoms with van der Waals surface area (Å²) in [6.45, 7) is 1.76. The minimum atomic E-state index is -4.02. The van der Waals surface area contributed by atoms with Crippen molar-refractivity contribution >= 4 is 42.5 Å². The Kier molecular flexibility index (Phi) is 6.49. The second-order valence-electron chi connectivity index (χ2n) is 9.01. The van der Waals surface area contributed by atoms with Gasteiger partial charge in [0.2, 0.25) is 10.0 Å². The summed E-state index contributed by atoms with van der Waals surface area (Å²) in [6, 6.07) is 17.0. The van der Waals surface area contributed by atoms with Crippen molar-refractivity contribution in [3.05, 3.63) is 73.1 Å². The summed E-state index contributed by atoms with van der Waals surface area (Å²) >= 11 is 0. The fraction of sp³-hybridized carbons (Fsp3) is 0.231. The lowest BCUT2D eigenvalue weighted by Crippen LogP contribution is -2.49. The highest BCUT2D eigenvalue weighted by atomic mass is 32.2. The van der Waals surface area contributed by atoms with E-state index < -0.39 is 20.0 Å². The zero-order valence-corrected chi connectivity index (χ0v) is 22.4. The molecule has 6 rings (SSSR count). The second-order valence-corrected chi connectivity index (χ2v) is 12.6. The van der Waals surface area contributed by atoms with Gasteiger partial charge in [0.25, 0.3) is 10.0 Å². The van der Waals surface area contributed by atoms with Gasteiger partial charge in [-0.25, -0.2) is 26.8 Å². The van der Waals surface area contributed by atoms with E-state index in [1.54, 1.807) is 24.3 Å². The first-order valence-electron chi connectivity index (χ1n) is 12.3. The average Bonchev–Trinajstić information content (AvgIpc) is 2.97. The van der Waals surface area contributed by atoms with Crippen LogP contribution in [0.25, 0.3) is 10.8 Å². The van der Waals surface area contributed by atoms with Gasteiger partial charge in [0.1, 0.15) is 13.2 Å². The van der Waals surface area contributed by atoms with Gasteiger partial charge in [0.15, 0.2) is 23.1 Å². The van der Waals surface area contributed by atoms with Crippen molar-refractivity contribution in [1.82, 2.24) is 14.3 Å². The SMILES string of the molecule is O=S(=O)(Nc1nccnc1N1CCN(S(=O)(=O)c2cccc3ccccc23)CC1)c1ccc2c(c1)OCCO2.